The highest BCUT2D eigenvalue weighted by Crippen LogP contribution is 2.50. The van der Waals surface area contributed by atoms with Crippen molar-refractivity contribution in [2.45, 2.75) is 38.7 Å². The predicted molar refractivity (Wildman–Crippen MR) is 144 cm³/mol. The number of phenols is 1. The molecule has 3 heterocycles. The van der Waals surface area contributed by atoms with Gasteiger partial charge in [0.2, 0.25) is 11.8 Å². The number of carbonyl (C=O) groups is 3. The molecule has 1 aromatic heterocycles. The minimum Gasteiger partial charge on any atom is -0.507 e. The largest absolute Gasteiger partial charge is 0.507 e. The lowest BCUT2D eigenvalue weighted by atomic mass is 9.69. The van der Waals surface area contributed by atoms with E-state index in [4.69, 9.17) is 9.47 Å². The first kappa shape index (κ1) is 26.3. The van der Waals surface area contributed by atoms with Gasteiger partial charge in [0.1, 0.15) is 5.75 Å². The van der Waals surface area contributed by atoms with Gasteiger partial charge >= 0.3 is 6.09 Å². The van der Waals surface area contributed by atoms with Crippen molar-refractivity contribution in [2.75, 3.05) is 13.7 Å². The monoisotopic (exact) mass is 580 g/mol. The van der Waals surface area contributed by atoms with Crippen LogP contribution in [0, 0.1) is 17.8 Å². The van der Waals surface area contributed by atoms with E-state index >= 15 is 0 Å². The van der Waals surface area contributed by atoms with E-state index in [2.05, 4.69) is 20.9 Å². The van der Waals surface area contributed by atoms with Gasteiger partial charge < -0.3 is 14.6 Å². The molecule has 198 valence electrons. The van der Waals surface area contributed by atoms with Crippen molar-refractivity contribution in [1.29, 1.82) is 0 Å². The number of methoxy groups -OCH3 is 1. The third-order valence-corrected chi connectivity index (χ3v) is 8.27. The fourth-order valence-electron chi connectivity index (χ4n) is 6.03. The molecule has 8 nitrogen and oxygen atoms in total. The third kappa shape index (κ3) is 4.69. The number of imide groups is 3. The molecule has 2 saturated heterocycles. The first-order chi connectivity index (χ1) is 18.3. The first-order valence-electron chi connectivity index (χ1n) is 12.7. The summed E-state index contributed by atoms with van der Waals surface area (Å²) in [5, 5.41) is 10.4. The van der Waals surface area contributed by atoms with Crippen LogP contribution in [0.5, 0.6) is 5.75 Å². The van der Waals surface area contributed by atoms with Gasteiger partial charge in [-0.25, -0.2) is 4.79 Å². The maximum atomic E-state index is 13.2. The quantitative estimate of drug-likeness (QED) is 0.362. The normalized spacial score (nSPS) is 25.0. The smallest absolute Gasteiger partial charge is 0.423 e. The number of aromatic hydroxyl groups is 1. The molecule has 38 heavy (non-hydrogen) atoms. The molecule has 4 atom stereocenters. The fourth-order valence-corrected chi connectivity index (χ4v) is 6.40. The highest BCUT2D eigenvalue weighted by Gasteiger charge is 2.58. The van der Waals surface area contributed by atoms with Crippen molar-refractivity contribution in [3.05, 3.63) is 69.5 Å². The summed E-state index contributed by atoms with van der Waals surface area (Å²) in [4.78, 5) is 43.6. The van der Waals surface area contributed by atoms with Crippen molar-refractivity contribution in [1.82, 2.24) is 9.88 Å². The van der Waals surface area contributed by atoms with Crippen LogP contribution in [-0.2, 0) is 19.1 Å². The Morgan fingerprint density at radius 2 is 2.05 bits per heavy atom. The van der Waals surface area contributed by atoms with Crippen molar-refractivity contribution < 1.29 is 29.0 Å². The molecule has 2 aliphatic heterocycles. The summed E-state index contributed by atoms with van der Waals surface area (Å²) in [7, 11) is 1.17. The minimum atomic E-state index is -0.926. The Hall–Kier alpha value is -3.30. The molecular formula is C29H29BrN2O6. The van der Waals surface area contributed by atoms with E-state index in [1.54, 1.807) is 18.3 Å². The van der Waals surface area contributed by atoms with Crippen molar-refractivity contribution >= 4 is 45.5 Å². The van der Waals surface area contributed by atoms with Gasteiger partial charge in [-0.1, -0.05) is 34.5 Å². The van der Waals surface area contributed by atoms with E-state index in [-0.39, 0.29) is 17.8 Å². The zero-order chi connectivity index (χ0) is 27.0. The number of hydrogen-bond donors (Lipinski definition) is 1. The summed E-state index contributed by atoms with van der Waals surface area (Å²) in [6.45, 7) is 2.37. The summed E-state index contributed by atoms with van der Waals surface area (Å²) >= 11 is 3.47. The van der Waals surface area contributed by atoms with Crippen molar-refractivity contribution in [3.8, 4) is 5.75 Å². The number of nitrogens with zero attached hydrogens (tertiary/aromatic N) is 2. The SMILES string of the molecule is CCC1=C2[C@@H](CC/C(=C/c3cc(Br)ccc3O)c3ccccn3)OC[C@@H]2[C@@H]2C(=O)N(C(=O)OC)C(=O)[C@@H]2C1. The molecule has 9 heteroatoms. The molecule has 5 rings (SSSR count). The predicted octanol–water partition coefficient (Wildman–Crippen LogP) is 5.36. The van der Waals surface area contributed by atoms with Crippen LogP contribution in [0.1, 0.15) is 43.9 Å². The Labute approximate surface area is 229 Å². The van der Waals surface area contributed by atoms with Crippen LogP contribution < -0.4 is 0 Å². The summed E-state index contributed by atoms with van der Waals surface area (Å²) in [6, 6.07) is 11.0. The van der Waals surface area contributed by atoms with E-state index in [9.17, 15) is 19.5 Å². The van der Waals surface area contributed by atoms with Crippen LogP contribution in [0.2, 0.25) is 0 Å². The zero-order valence-corrected chi connectivity index (χ0v) is 22.8. The number of phenolic OH excluding ortho intramolecular Hbond substituents is 1. The van der Waals surface area contributed by atoms with Crippen LogP contribution in [0.3, 0.4) is 0 Å². The summed E-state index contributed by atoms with van der Waals surface area (Å²) < 4.78 is 11.8. The van der Waals surface area contributed by atoms with Crippen LogP contribution >= 0.6 is 15.9 Å². The molecule has 2 aromatic rings. The van der Waals surface area contributed by atoms with Crippen LogP contribution in [0.4, 0.5) is 4.79 Å². The second-order valence-corrected chi connectivity index (χ2v) is 10.7. The molecule has 0 radical (unpaired) electrons. The number of rotatable bonds is 6. The lowest BCUT2D eigenvalue weighted by molar-refractivity contribution is -0.137. The minimum absolute atomic E-state index is 0.174. The number of amides is 3. The molecule has 0 unspecified atom stereocenters. The number of benzene rings is 1. The molecular weight excluding hydrogens is 552 g/mol. The number of halogens is 1. The number of fused-ring (bicyclic) bond motifs is 3. The fraction of sp³-hybridized carbons (Fsp3) is 0.379. The van der Waals surface area contributed by atoms with Crippen LogP contribution in [0.25, 0.3) is 11.6 Å². The number of carbonyl (C=O) groups excluding carboxylic acids is 3. The molecule has 2 fully saturated rings. The molecule has 3 amide bonds. The van der Waals surface area contributed by atoms with E-state index in [0.29, 0.717) is 36.3 Å². The van der Waals surface area contributed by atoms with Gasteiger partial charge in [0, 0.05) is 22.2 Å². The molecule has 1 aromatic carbocycles. The lowest BCUT2D eigenvalue weighted by Gasteiger charge is -2.31. The summed E-state index contributed by atoms with van der Waals surface area (Å²) in [6.07, 6.45) is 4.99. The maximum Gasteiger partial charge on any atom is 0.423 e. The number of ether oxygens (including phenoxy) is 2. The Kier molecular flexibility index (Phi) is 7.49. The average molecular weight is 581 g/mol. The number of hydrogen-bond acceptors (Lipinski definition) is 7. The van der Waals surface area contributed by atoms with Gasteiger partial charge in [-0.05, 0) is 73.2 Å². The van der Waals surface area contributed by atoms with Gasteiger partial charge in [0.15, 0.2) is 0 Å². The number of likely N-dealkylation sites (tertiary alicyclic amines) is 1. The Bertz CT molecular complexity index is 1340. The van der Waals surface area contributed by atoms with Gasteiger partial charge in [0.25, 0.3) is 0 Å². The lowest BCUT2D eigenvalue weighted by Crippen LogP contribution is -2.38. The maximum absolute atomic E-state index is 13.2. The average Bonchev–Trinajstić information content (AvgIpc) is 3.46. The van der Waals surface area contributed by atoms with Crippen molar-refractivity contribution in [2.24, 2.45) is 17.8 Å². The number of aromatic nitrogens is 1. The molecule has 1 aliphatic carbocycles. The standard InChI is InChI=1S/C29H29BrN2O6/c1-3-16-14-20-26(28(35)32(27(20)34)29(36)37-2)21-15-38-24(25(16)21)10-7-17(22-6-4-5-11-31-22)12-18-13-19(30)8-9-23(18)33/h4-6,8-9,11-13,20-21,24,26,33H,3,7,10,14-15H2,1-2H3/b17-12-/t20-,21+,24-,26-/m1/s1. The number of pyridine rings is 1. The van der Waals surface area contributed by atoms with Gasteiger partial charge in [-0.15, -0.1) is 0 Å². The Morgan fingerprint density at radius 1 is 1.24 bits per heavy atom. The van der Waals surface area contributed by atoms with E-state index in [1.807, 2.05) is 37.3 Å². The molecule has 3 aliphatic rings. The summed E-state index contributed by atoms with van der Waals surface area (Å²) in [5.41, 5.74) is 4.64. The van der Waals surface area contributed by atoms with Gasteiger partial charge in [-0.3, -0.25) is 14.6 Å². The second kappa shape index (κ2) is 10.8. The highest BCUT2D eigenvalue weighted by atomic mass is 79.9. The molecule has 0 bridgehead atoms. The highest BCUT2D eigenvalue weighted by molar-refractivity contribution is 9.10. The Morgan fingerprint density at radius 3 is 2.76 bits per heavy atom. The third-order valence-electron chi connectivity index (χ3n) is 7.78. The number of allylic oxidation sites excluding steroid dienone is 2. The van der Waals surface area contributed by atoms with Gasteiger partial charge in [0.05, 0.1) is 37.4 Å². The molecule has 0 saturated carbocycles. The van der Waals surface area contributed by atoms with Crippen LogP contribution in [-0.4, -0.2) is 52.7 Å². The Balaban J connectivity index is 1.43. The van der Waals surface area contributed by atoms with Gasteiger partial charge in [-0.2, -0.15) is 4.90 Å². The topological polar surface area (TPSA) is 106 Å². The molecule has 0 spiro atoms. The van der Waals surface area contributed by atoms with Crippen molar-refractivity contribution in [3.63, 3.8) is 0 Å². The van der Waals surface area contributed by atoms with Crippen LogP contribution in [0.15, 0.2) is 58.2 Å². The van der Waals surface area contributed by atoms with E-state index in [1.165, 1.54) is 7.11 Å². The first-order valence-corrected chi connectivity index (χ1v) is 13.5. The van der Waals surface area contributed by atoms with E-state index in [0.717, 1.165) is 33.3 Å². The summed E-state index contributed by atoms with van der Waals surface area (Å²) in [5.74, 6) is -2.20. The molecule has 1 N–H and O–H groups in total. The van der Waals surface area contributed by atoms with E-state index < -0.39 is 29.7 Å². The zero-order valence-electron chi connectivity index (χ0n) is 21.2. The second-order valence-electron chi connectivity index (χ2n) is 9.79.